The summed E-state index contributed by atoms with van der Waals surface area (Å²) in [5.74, 6) is 0.966. The van der Waals surface area contributed by atoms with Gasteiger partial charge in [-0.2, -0.15) is 0 Å². The summed E-state index contributed by atoms with van der Waals surface area (Å²) in [6.07, 6.45) is 5.09. The second kappa shape index (κ2) is 6.76. The van der Waals surface area contributed by atoms with E-state index in [9.17, 15) is 0 Å². The van der Waals surface area contributed by atoms with E-state index in [1.54, 1.807) is 7.11 Å². The van der Waals surface area contributed by atoms with E-state index in [-0.39, 0.29) is 6.10 Å². The summed E-state index contributed by atoms with van der Waals surface area (Å²) in [6, 6.07) is 6.50. The smallest absolute Gasteiger partial charge is 0.134 e. The molecule has 0 bridgehead atoms. The molecular formula is C15H23NO2. The quantitative estimate of drug-likeness (QED) is 0.838. The molecule has 0 fully saturated rings. The molecule has 2 rings (SSSR count). The Hall–Kier alpha value is -1.06. The van der Waals surface area contributed by atoms with Gasteiger partial charge in [0.2, 0.25) is 0 Å². The van der Waals surface area contributed by atoms with Crippen molar-refractivity contribution in [2.24, 2.45) is 0 Å². The number of rotatable bonds is 6. The lowest BCUT2D eigenvalue weighted by Gasteiger charge is -2.21. The van der Waals surface area contributed by atoms with Gasteiger partial charge < -0.3 is 14.8 Å². The number of hydrogen-bond donors (Lipinski definition) is 1. The highest BCUT2D eigenvalue weighted by Gasteiger charge is 2.13. The largest absolute Gasteiger partial charge is 0.487 e. The normalized spacial score (nSPS) is 16.1. The van der Waals surface area contributed by atoms with Crippen LogP contribution in [0.4, 0.5) is 0 Å². The molecule has 1 N–H and O–H groups in total. The van der Waals surface area contributed by atoms with Crippen molar-refractivity contribution in [2.45, 2.75) is 31.8 Å². The third kappa shape index (κ3) is 3.47. The van der Waals surface area contributed by atoms with E-state index in [4.69, 9.17) is 9.47 Å². The van der Waals surface area contributed by atoms with Gasteiger partial charge in [0.25, 0.3) is 0 Å². The van der Waals surface area contributed by atoms with E-state index < -0.39 is 0 Å². The molecule has 100 valence electrons. The lowest BCUT2D eigenvalue weighted by Crippen LogP contribution is -2.33. The minimum atomic E-state index is 0.0710. The molecule has 0 saturated heterocycles. The van der Waals surface area contributed by atoms with Crippen LogP contribution >= 0.6 is 0 Å². The second-order valence-electron chi connectivity index (χ2n) is 4.89. The maximum Gasteiger partial charge on any atom is 0.134 e. The molecular weight excluding hydrogens is 226 g/mol. The van der Waals surface area contributed by atoms with Gasteiger partial charge in [-0.15, -0.1) is 0 Å². The summed E-state index contributed by atoms with van der Waals surface area (Å²) < 4.78 is 11.2. The molecule has 0 heterocycles. The number of likely N-dealkylation sites (N-methyl/N-ethyl adjacent to an activating group) is 1. The second-order valence-corrected chi connectivity index (χ2v) is 4.89. The van der Waals surface area contributed by atoms with Crippen LogP contribution < -0.4 is 10.1 Å². The van der Waals surface area contributed by atoms with Crippen LogP contribution in [0, 0.1) is 0 Å². The molecule has 3 heteroatoms. The number of benzene rings is 1. The first-order chi connectivity index (χ1) is 8.83. The maximum absolute atomic E-state index is 5.97. The highest BCUT2D eigenvalue weighted by molar-refractivity contribution is 5.37. The van der Waals surface area contributed by atoms with E-state index in [0.29, 0.717) is 6.61 Å². The van der Waals surface area contributed by atoms with E-state index in [1.165, 1.54) is 36.8 Å². The first-order valence-corrected chi connectivity index (χ1v) is 6.75. The summed E-state index contributed by atoms with van der Waals surface area (Å²) in [6.45, 7) is 1.41. The van der Waals surface area contributed by atoms with Crippen molar-refractivity contribution in [2.75, 3.05) is 27.3 Å². The Bertz CT molecular complexity index is 373. The average Bonchev–Trinajstić information content (AvgIpc) is 2.39. The fraction of sp³-hybridized carbons (Fsp3) is 0.600. The molecule has 1 aromatic rings. The molecule has 1 aliphatic rings. The maximum atomic E-state index is 5.97. The standard InChI is InChI=1S/C15H23NO2/c1-16-10-15(11-17-2)18-14-8-7-12-5-3-4-6-13(12)9-14/h7-9,15-16H,3-6,10-11H2,1-2H3. The van der Waals surface area contributed by atoms with Crippen molar-refractivity contribution in [3.63, 3.8) is 0 Å². The fourth-order valence-corrected chi connectivity index (χ4v) is 2.52. The first-order valence-electron chi connectivity index (χ1n) is 6.75. The Morgan fingerprint density at radius 1 is 1.22 bits per heavy atom. The molecule has 0 radical (unpaired) electrons. The van der Waals surface area contributed by atoms with Gasteiger partial charge in [-0.05, 0) is 56.0 Å². The lowest BCUT2D eigenvalue weighted by molar-refractivity contribution is 0.0818. The van der Waals surface area contributed by atoms with Crippen molar-refractivity contribution in [1.29, 1.82) is 0 Å². The SMILES string of the molecule is CNCC(COC)Oc1ccc2c(c1)CCCC2. The molecule has 1 aromatic carbocycles. The molecule has 18 heavy (non-hydrogen) atoms. The summed E-state index contributed by atoms with van der Waals surface area (Å²) in [4.78, 5) is 0. The Labute approximate surface area is 109 Å². The Morgan fingerprint density at radius 3 is 2.72 bits per heavy atom. The highest BCUT2D eigenvalue weighted by atomic mass is 16.5. The molecule has 0 saturated carbocycles. The van der Waals surface area contributed by atoms with Gasteiger partial charge in [0, 0.05) is 13.7 Å². The van der Waals surface area contributed by atoms with Crippen LogP contribution in [0.15, 0.2) is 18.2 Å². The molecule has 1 atom stereocenters. The third-order valence-corrected chi connectivity index (χ3v) is 3.41. The predicted molar refractivity (Wildman–Crippen MR) is 73.3 cm³/mol. The molecule has 1 aliphatic carbocycles. The third-order valence-electron chi connectivity index (χ3n) is 3.41. The van der Waals surface area contributed by atoms with Gasteiger partial charge in [-0.1, -0.05) is 6.07 Å². The van der Waals surface area contributed by atoms with Gasteiger partial charge >= 0.3 is 0 Å². The van der Waals surface area contributed by atoms with Gasteiger partial charge in [-0.25, -0.2) is 0 Å². The number of ether oxygens (including phenoxy) is 2. The van der Waals surface area contributed by atoms with Crippen LogP contribution in [-0.4, -0.2) is 33.4 Å². The zero-order chi connectivity index (χ0) is 12.8. The van der Waals surface area contributed by atoms with Gasteiger partial charge in [0.15, 0.2) is 0 Å². The minimum absolute atomic E-state index is 0.0710. The van der Waals surface area contributed by atoms with Crippen LogP contribution in [-0.2, 0) is 17.6 Å². The van der Waals surface area contributed by atoms with Gasteiger partial charge in [0.05, 0.1) is 6.61 Å². The molecule has 0 spiro atoms. The number of hydrogen-bond acceptors (Lipinski definition) is 3. The van der Waals surface area contributed by atoms with E-state index in [2.05, 4.69) is 23.5 Å². The Balaban J connectivity index is 2.03. The zero-order valence-corrected chi connectivity index (χ0v) is 11.4. The Kier molecular flexibility index (Phi) is 5.02. The van der Waals surface area contributed by atoms with Crippen LogP contribution in [0.25, 0.3) is 0 Å². The predicted octanol–water partition coefficient (Wildman–Crippen LogP) is 2.18. The van der Waals surface area contributed by atoms with Crippen LogP contribution in [0.1, 0.15) is 24.0 Å². The van der Waals surface area contributed by atoms with Crippen molar-refractivity contribution in [1.82, 2.24) is 5.32 Å². The molecule has 0 amide bonds. The summed E-state index contributed by atoms with van der Waals surface area (Å²) >= 11 is 0. The minimum Gasteiger partial charge on any atom is -0.487 e. The van der Waals surface area contributed by atoms with Crippen LogP contribution in [0.3, 0.4) is 0 Å². The summed E-state index contributed by atoms with van der Waals surface area (Å²) in [5.41, 5.74) is 2.95. The molecule has 0 aromatic heterocycles. The fourth-order valence-electron chi connectivity index (χ4n) is 2.52. The van der Waals surface area contributed by atoms with E-state index in [0.717, 1.165) is 12.3 Å². The number of fused-ring (bicyclic) bond motifs is 1. The summed E-state index contributed by atoms with van der Waals surface area (Å²) in [7, 11) is 3.64. The van der Waals surface area contributed by atoms with Crippen molar-refractivity contribution in [3.05, 3.63) is 29.3 Å². The van der Waals surface area contributed by atoms with E-state index in [1.807, 2.05) is 7.05 Å². The number of aryl methyl sites for hydroxylation is 2. The lowest BCUT2D eigenvalue weighted by atomic mass is 9.92. The number of methoxy groups -OCH3 is 1. The number of nitrogens with one attached hydrogen (secondary N) is 1. The van der Waals surface area contributed by atoms with Gasteiger partial charge in [-0.3, -0.25) is 0 Å². The summed E-state index contributed by atoms with van der Waals surface area (Å²) in [5, 5.41) is 3.13. The van der Waals surface area contributed by atoms with E-state index >= 15 is 0 Å². The van der Waals surface area contributed by atoms with Crippen LogP contribution in [0.2, 0.25) is 0 Å². The zero-order valence-electron chi connectivity index (χ0n) is 11.4. The monoisotopic (exact) mass is 249 g/mol. The highest BCUT2D eigenvalue weighted by Crippen LogP contribution is 2.25. The van der Waals surface area contributed by atoms with Crippen molar-refractivity contribution >= 4 is 0 Å². The van der Waals surface area contributed by atoms with Crippen LogP contribution in [0.5, 0.6) is 5.75 Å². The van der Waals surface area contributed by atoms with Crippen molar-refractivity contribution < 1.29 is 9.47 Å². The molecule has 3 nitrogen and oxygen atoms in total. The topological polar surface area (TPSA) is 30.5 Å². The molecule has 1 unspecified atom stereocenters. The van der Waals surface area contributed by atoms with Crippen molar-refractivity contribution in [3.8, 4) is 5.75 Å². The Morgan fingerprint density at radius 2 is 2.00 bits per heavy atom. The average molecular weight is 249 g/mol. The van der Waals surface area contributed by atoms with Gasteiger partial charge in [0.1, 0.15) is 11.9 Å². The first kappa shape index (κ1) is 13.4. The molecule has 0 aliphatic heterocycles.